The van der Waals surface area contributed by atoms with Gasteiger partial charge in [-0.2, -0.15) is 0 Å². The molecule has 17 heavy (non-hydrogen) atoms. The molecule has 0 unspecified atom stereocenters. The summed E-state index contributed by atoms with van der Waals surface area (Å²) in [5.74, 6) is 0. The van der Waals surface area contributed by atoms with Gasteiger partial charge in [-0.05, 0) is 25.7 Å². The summed E-state index contributed by atoms with van der Waals surface area (Å²) in [4.78, 5) is 12.9. The van der Waals surface area contributed by atoms with E-state index in [1.807, 2.05) is 19.0 Å². The predicted molar refractivity (Wildman–Crippen MR) is 69.1 cm³/mol. The number of nitrogens with zero attached hydrogens (tertiary/aromatic N) is 6. The van der Waals surface area contributed by atoms with E-state index in [9.17, 15) is 0 Å². The number of azide groups is 1. The van der Waals surface area contributed by atoms with Gasteiger partial charge in [0.05, 0.1) is 12.2 Å². The Morgan fingerprint density at radius 1 is 1.59 bits per heavy atom. The van der Waals surface area contributed by atoms with Crippen LogP contribution in [-0.4, -0.2) is 43.3 Å². The van der Waals surface area contributed by atoms with E-state index in [0.29, 0.717) is 17.8 Å². The minimum atomic E-state index is 0.281. The van der Waals surface area contributed by atoms with E-state index in [2.05, 4.69) is 20.0 Å². The van der Waals surface area contributed by atoms with E-state index < -0.39 is 0 Å². The Balaban J connectivity index is 2.85. The van der Waals surface area contributed by atoms with Gasteiger partial charge in [0.15, 0.2) is 0 Å². The molecular formula is C10H13ClN6. The van der Waals surface area contributed by atoms with Gasteiger partial charge < -0.3 is 4.90 Å². The van der Waals surface area contributed by atoms with Crippen LogP contribution < -0.4 is 0 Å². The number of hydrogen-bond acceptors (Lipinski definition) is 4. The molecule has 0 radical (unpaired) electrons. The van der Waals surface area contributed by atoms with Crippen molar-refractivity contribution >= 4 is 23.5 Å². The van der Waals surface area contributed by atoms with Crippen LogP contribution in [-0.2, 0) is 0 Å². The Labute approximate surface area is 105 Å². The van der Waals surface area contributed by atoms with Crippen LogP contribution in [0.2, 0.25) is 5.15 Å². The van der Waals surface area contributed by atoms with Crippen molar-refractivity contribution in [3.05, 3.63) is 33.4 Å². The average Bonchev–Trinajstić information content (AvgIpc) is 2.27. The van der Waals surface area contributed by atoms with Gasteiger partial charge in [0.25, 0.3) is 0 Å². The van der Waals surface area contributed by atoms with Crippen LogP contribution in [0.15, 0.2) is 22.4 Å². The Morgan fingerprint density at radius 2 is 2.35 bits per heavy atom. The first kappa shape index (κ1) is 13.4. The Bertz CT molecular complexity index is 450. The third-order valence-corrected chi connectivity index (χ3v) is 2.27. The number of aromatic nitrogens is 1. The van der Waals surface area contributed by atoms with Crippen molar-refractivity contribution in [3.63, 3.8) is 0 Å². The van der Waals surface area contributed by atoms with Gasteiger partial charge >= 0.3 is 0 Å². The lowest BCUT2D eigenvalue weighted by Crippen LogP contribution is -2.15. The van der Waals surface area contributed by atoms with Crippen molar-refractivity contribution in [1.29, 1.82) is 0 Å². The molecule has 0 amide bonds. The standard InChI is InChI=1S/C10H13ClN6/c1-17(2)6-5-13-7-8-9(15-16-12)3-4-14-10(8)11/h3-4,7H,5-6H2,1-2H3/b13-7+. The number of pyridine rings is 1. The quantitative estimate of drug-likeness (QED) is 0.266. The molecule has 0 spiro atoms. The molecule has 0 saturated carbocycles. The van der Waals surface area contributed by atoms with Crippen molar-refractivity contribution in [2.45, 2.75) is 0 Å². The summed E-state index contributed by atoms with van der Waals surface area (Å²) in [5, 5.41) is 3.82. The van der Waals surface area contributed by atoms with Gasteiger partial charge in [0, 0.05) is 29.4 Å². The zero-order valence-corrected chi connectivity index (χ0v) is 10.5. The molecule has 0 saturated heterocycles. The summed E-state index contributed by atoms with van der Waals surface area (Å²) in [6, 6.07) is 1.60. The van der Waals surface area contributed by atoms with Crippen LogP contribution in [0.25, 0.3) is 10.4 Å². The highest BCUT2D eigenvalue weighted by Crippen LogP contribution is 2.22. The summed E-state index contributed by atoms with van der Waals surface area (Å²) >= 11 is 5.91. The zero-order chi connectivity index (χ0) is 12.7. The van der Waals surface area contributed by atoms with E-state index in [-0.39, 0.29) is 5.15 Å². The molecule has 1 aromatic rings. The van der Waals surface area contributed by atoms with Crippen LogP contribution in [0.3, 0.4) is 0 Å². The van der Waals surface area contributed by atoms with E-state index in [1.54, 1.807) is 12.3 Å². The fourth-order valence-electron chi connectivity index (χ4n) is 1.11. The summed E-state index contributed by atoms with van der Waals surface area (Å²) in [7, 11) is 3.94. The van der Waals surface area contributed by atoms with Crippen molar-refractivity contribution in [3.8, 4) is 0 Å². The normalized spacial score (nSPS) is 10.8. The van der Waals surface area contributed by atoms with Gasteiger partial charge in [-0.25, -0.2) is 4.98 Å². The largest absolute Gasteiger partial charge is 0.308 e. The monoisotopic (exact) mass is 252 g/mol. The van der Waals surface area contributed by atoms with Gasteiger partial charge in [0.1, 0.15) is 5.15 Å². The number of likely N-dealkylation sites (N-methyl/N-ethyl adjacent to an activating group) is 1. The zero-order valence-electron chi connectivity index (χ0n) is 9.71. The van der Waals surface area contributed by atoms with Crippen molar-refractivity contribution in [2.24, 2.45) is 10.1 Å². The smallest absolute Gasteiger partial charge is 0.138 e. The molecule has 0 N–H and O–H groups in total. The number of halogens is 1. The fourth-order valence-corrected chi connectivity index (χ4v) is 1.31. The van der Waals surface area contributed by atoms with E-state index >= 15 is 0 Å². The highest BCUT2D eigenvalue weighted by Gasteiger charge is 2.03. The van der Waals surface area contributed by atoms with Crippen LogP contribution in [0.5, 0.6) is 0 Å². The van der Waals surface area contributed by atoms with E-state index in [4.69, 9.17) is 17.1 Å². The second-order valence-corrected chi connectivity index (χ2v) is 3.92. The van der Waals surface area contributed by atoms with Crippen LogP contribution in [0.4, 0.5) is 5.69 Å². The maximum absolute atomic E-state index is 8.42. The van der Waals surface area contributed by atoms with Crippen molar-refractivity contribution < 1.29 is 0 Å². The molecule has 0 aromatic carbocycles. The molecule has 0 aliphatic carbocycles. The van der Waals surface area contributed by atoms with Crippen LogP contribution in [0, 0.1) is 0 Å². The summed E-state index contributed by atoms with van der Waals surface area (Å²) in [6.45, 7) is 1.49. The Morgan fingerprint density at radius 3 is 3.00 bits per heavy atom. The average molecular weight is 253 g/mol. The minimum absolute atomic E-state index is 0.281. The molecule has 0 fully saturated rings. The first-order valence-corrected chi connectivity index (χ1v) is 5.37. The lowest BCUT2D eigenvalue weighted by atomic mass is 10.2. The molecule has 90 valence electrons. The molecule has 0 atom stereocenters. The second-order valence-electron chi connectivity index (χ2n) is 3.56. The first-order chi connectivity index (χ1) is 8.15. The topological polar surface area (TPSA) is 77.2 Å². The third kappa shape index (κ3) is 4.40. The molecule has 1 heterocycles. The minimum Gasteiger partial charge on any atom is -0.308 e. The fraction of sp³-hybridized carbons (Fsp3) is 0.400. The molecule has 6 nitrogen and oxygen atoms in total. The van der Waals surface area contributed by atoms with Crippen molar-refractivity contribution in [1.82, 2.24) is 9.88 Å². The van der Waals surface area contributed by atoms with E-state index in [0.717, 1.165) is 6.54 Å². The van der Waals surface area contributed by atoms with Gasteiger partial charge in [-0.3, -0.25) is 4.99 Å². The summed E-state index contributed by atoms with van der Waals surface area (Å²) in [6.07, 6.45) is 3.08. The lowest BCUT2D eigenvalue weighted by molar-refractivity contribution is 0.421. The first-order valence-electron chi connectivity index (χ1n) is 4.99. The van der Waals surface area contributed by atoms with Crippen LogP contribution in [0.1, 0.15) is 5.56 Å². The number of hydrogen-bond donors (Lipinski definition) is 0. The molecule has 1 aromatic heterocycles. The molecule has 0 bridgehead atoms. The number of aliphatic imine (C=N–C) groups is 1. The molecular weight excluding hydrogens is 240 g/mol. The Hall–Kier alpha value is -1.62. The highest BCUT2D eigenvalue weighted by atomic mass is 35.5. The SMILES string of the molecule is CN(C)CC/N=C/c1c(N=[N+]=[N-])ccnc1Cl. The Kier molecular flexibility index (Phi) is 5.42. The van der Waals surface area contributed by atoms with E-state index in [1.165, 1.54) is 6.20 Å². The maximum Gasteiger partial charge on any atom is 0.138 e. The molecule has 0 aliphatic heterocycles. The molecule has 1 rings (SSSR count). The predicted octanol–water partition coefficient (Wildman–Crippen LogP) is 2.66. The summed E-state index contributed by atoms with van der Waals surface area (Å²) < 4.78 is 0. The third-order valence-electron chi connectivity index (χ3n) is 1.97. The maximum atomic E-state index is 8.42. The number of rotatable bonds is 5. The van der Waals surface area contributed by atoms with Crippen molar-refractivity contribution in [2.75, 3.05) is 27.2 Å². The molecule has 7 heteroatoms. The van der Waals surface area contributed by atoms with Gasteiger partial charge in [-0.15, -0.1) is 0 Å². The lowest BCUT2D eigenvalue weighted by Gasteiger charge is -2.05. The van der Waals surface area contributed by atoms with Gasteiger partial charge in [-0.1, -0.05) is 16.7 Å². The highest BCUT2D eigenvalue weighted by molar-refractivity contribution is 6.32. The summed E-state index contributed by atoms with van der Waals surface area (Å²) in [5.41, 5.74) is 9.40. The van der Waals surface area contributed by atoms with Crippen LogP contribution >= 0.6 is 11.6 Å². The second kappa shape index (κ2) is 6.85. The van der Waals surface area contributed by atoms with Gasteiger partial charge in [0.2, 0.25) is 0 Å². The molecule has 0 aliphatic rings.